The van der Waals surface area contributed by atoms with E-state index in [4.69, 9.17) is 9.40 Å². The van der Waals surface area contributed by atoms with Crippen molar-refractivity contribution in [3.8, 4) is 0 Å². The van der Waals surface area contributed by atoms with Crippen LogP contribution in [0.25, 0.3) is 23.3 Å². The number of fused-ring (bicyclic) bond motifs is 4. The predicted octanol–water partition coefficient (Wildman–Crippen LogP) is 2.53. The van der Waals surface area contributed by atoms with Gasteiger partial charge in [-0.1, -0.05) is 25.0 Å². The van der Waals surface area contributed by atoms with Gasteiger partial charge in [0.25, 0.3) is 0 Å². The van der Waals surface area contributed by atoms with Gasteiger partial charge in [0.15, 0.2) is 11.6 Å². The SMILES string of the molecule is CB1C=c2oc3ncccc3c2=CN1N1c2nccnc2N(c2ccccc2)[C@@H]1C. The second-order valence-electron chi connectivity index (χ2n) is 7.54. The van der Waals surface area contributed by atoms with E-state index in [1.807, 2.05) is 30.3 Å². The van der Waals surface area contributed by atoms with Crippen molar-refractivity contribution in [3.05, 3.63) is 71.7 Å². The second kappa shape index (κ2) is 6.35. The molecule has 2 aliphatic heterocycles. The van der Waals surface area contributed by atoms with Crippen LogP contribution in [0.4, 0.5) is 17.3 Å². The Bertz CT molecular complexity index is 1370. The van der Waals surface area contributed by atoms with Crippen LogP contribution in [-0.4, -0.2) is 32.9 Å². The highest BCUT2D eigenvalue weighted by Gasteiger charge is 2.41. The molecule has 4 aromatic rings. The lowest BCUT2D eigenvalue weighted by Crippen LogP contribution is -2.55. The van der Waals surface area contributed by atoms with Gasteiger partial charge in [0.1, 0.15) is 11.6 Å². The zero-order valence-corrected chi connectivity index (χ0v) is 16.7. The van der Waals surface area contributed by atoms with Crippen LogP contribution < -0.4 is 20.5 Å². The Morgan fingerprint density at radius 3 is 2.57 bits per heavy atom. The first-order valence-electron chi connectivity index (χ1n) is 10.0. The molecule has 0 saturated heterocycles. The number of pyridine rings is 1. The van der Waals surface area contributed by atoms with Gasteiger partial charge in [0.2, 0.25) is 5.71 Å². The number of aromatic nitrogens is 3. The topological polar surface area (TPSA) is 61.5 Å². The lowest BCUT2D eigenvalue weighted by atomic mass is 9.63. The van der Waals surface area contributed by atoms with Crippen LogP contribution in [0.2, 0.25) is 6.82 Å². The average molecular weight is 394 g/mol. The molecule has 2 aliphatic rings. The number of nitrogens with zero attached hydrogens (tertiary/aromatic N) is 6. The fourth-order valence-electron chi connectivity index (χ4n) is 4.38. The third-order valence-corrected chi connectivity index (χ3v) is 5.72. The van der Waals surface area contributed by atoms with Crippen LogP contribution in [-0.2, 0) is 0 Å². The van der Waals surface area contributed by atoms with Gasteiger partial charge < -0.3 is 14.2 Å². The van der Waals surface area contributed by atoms with Gasteiger partial charge in [-0.25, -0.2) is 15.0 Å². The third kappa shape index (κ3) is 2.36. The molecule has 0 fully saturated rings. The molecule has 1 aromatic carbocycles. The largest absolute Gasteiger partial charge is 0.439 e. The van der Waals surface area contributed by atoms with E-state index in [1.165, 1.54) is 0 Å². The summed E-state index contributed by atoms with van der Waals surface area (Å²) in [5.41, 5.74) is 2.60. The highest BCUT2D eigenvalue weighted by molar-refractivity contribution is 6.70. The van der Waals surface area contributed by atoms with Gasteiger partial charge in [-0.15, -0.1) is 0 Å². The molecule has 0 amide bonds. The summed E-state index contributed by atoms with van der Waals surface area (Å²) in [6.07, 6.45) is 7.37. The van der Waals surface area contributed by atoms with Crippen molar-refractivity contribution in [1.29, 1.82) is 0 Å². The maximum atomic E-state index is 5.98. The number of hydrogen-bond acceptors (Lipinski definition) is 7. The molecule has 1 atom stereocenters. The van der Waals surface area contributed by atoms with E-state index in [1.54, 1.807) is 18.6 Å². The molecule has 7 nitrogen and oxygen atoms in total. The zero-order valence-electron chi connectivity index (χ0n) is 16.7. The molecular formula is C22H19BN6O. The zero-order chi connectivity index (χ0) is 20.2. The van der Waals surface area contributed by atoms with Crippen molar-refractivity contribution >= 4 is 47.4 Å². The minimum absolute atomic E-state index is 0.00487. The fraction of sp³-hybridized carbons (Fsp3) is 0.136. The molecule has 0 bridgehead atoms. The Labute approximate surface area is 173 Å². The Balaban J connectivity index is 1.52. The molecule has 30 heavy (non-hydrogen) atoms. The van der Waals surface area contributed by atoms with Crippen LogP contribution >= 0.6 is 0 Å². The molecule has 6 rings (SSSR count). The molecule has 3 aromatic heterocycles. The molecule has 0 unspecified atom stereocenters. The van der Waals surface area contributed by atoms with Gasteiger partial charge in [-0.3, -0.25) is 5.01 Å². The highest BCUT2D eigenvalue weighted by Crippen LogP contribution is 2.42. The molecule has 146 valence electrons. The van der Waals surface area contributed by atoms with Crippen LogP contribution in [0.1, 0.15) is 6.92 Å². The van der Waals surface area contributed by atoms with E-state index in [0.29, 0.717) is 5.71 Å². The van der Waals surface area contributed by atoms with Crippen molar-refractivity contribution in [2.75, 3.05) is 9.91 Å². The maximum Gasteiger partial charge on any atom is 0.306 e. The molecule has 8 heteroatoms. The second-order valence-corrected chi connectivity index (χ2v) is 7.54. The normalized spacial score (nSPS) is 17.6. The Kier molecular flexibility index (Phi) is 3.62. The molecule has 0 N–H and O–H groups in total. The van der Waals surface area contributed by atoms with Gasteiger partial charge in [-0.05, 0) is 37.2 Å². The van der Waals surface area contributed by atoms with Gasteiger partial charge >= 0.3 is 6.85 Å². The number of hydrazine groups is 1. The van der Waals surface area contributed by atoms with Crippen molar-refractivity contribution in [3.63, 3.8) is 0 Å². The van der Waals surface area contributed by atoms with E-state index in [2.05, 4.69) is 62.9 Å². The first-order chi connectivity index (χ1) is 14.7. The standard InChI is InChI=1S/C22H19BN6O/c1-15-28(16-7-4-3-5-8-16)20-21(25-12-11-24-20)29(15)27-14-18-17-9-6-10-26-22(17)30-19(18)13-23(27)2/h3-15H,1-2H3/t15-/m0/s1. The van der Waals surface area contributed by atoms with E-state index in [9.17, 15) is 0 Å². The summed E-state index contributed by atoms with van der Waals surface area (Å²) >= 11 is 0. The number of hydrogen-bond donors (Lipinski definition) is 0. The summed E-state index contributed by atoms with van der Waals surface area (Å²) in [7, 11) is 0. The van der Waals surface area contributed by atoms with Crippen LogP contribution in [0.15, 0.2) is 65.5 Å². The van der Waals surface area contributed by atoms with Crippen LogP contribution in [0.5, 0.6) is 0 Å². The Morgan fingerprint density at radius 1 is 0.933 bits per heavy atom. The minimum Gasteiger partial charge on any atom is -0.439 e. The summed E-state index contributed by atoms with van der Waals surface area (Å²) in [6, 6.07) is 14.3. The third-order valence-electron chi connectivity index (χ3n) is 5.72. The van der Waals surface area contributed by atoms with Crippen molar-refractivity contribution < 1.29 is 4.42 Å². The summed E-state index contributed by atoms with van der Waals surface area (Å²) < 4.78 is 5.98. The molecule has 0 spiro atoms. The summed E-state index contributed by atoms with van der Waals surface area (Å²) in [4.78, 5) is 18.2. The van der Waals surface area contributed by atoms with E-state index in [0.717, 1.165) is 33.3 Å². The van der Waals surface area contributed by atoms with Crippen LogP contribution in [0.3, 0.4) is 0 Å². The number of para-hydroxylation sites is 1. The average Bonchev–Trinajstić information content (AvgIpc) is 3.27. The summed E-state index contributed by atoms with van der Waals surface area (Å²) in [6.45, 7) is 4.39. The van der Waals surface area contributed by atoms with Gasteiger partial charge in [-0.2, -0.15) is 0 Å². The minimum atomic E-state index is -0.00487. The van der Waals surface area contributed by atoms with E-state index >= 15 is 0 Å². The van der Waals surface area contributed by atoms with E-state index < -0.39 is 0 Å². The Morgan fingerprint density at radius 2 is 1.73 bits per heavy atom. The first kappa shape index (κ1) is 17.1. The lowest BCUT2D eigenvalue weighted by molar-refractivity contribution is 0.491. The van der Waals surface area contributed by atoms with Crippen molar-refractivity contribution in [2.45, 2.75) is 19.9 Å². The summed E-state index contributed by atoms with van der Waals surface area (Å²) in [5, 5.41) is 4.24. The summed E-state index contributed by atoms with van der Waals surface area (Å²) in [5.74, 6) is 3.81. The number of benzene rings is 1. The molecule has 0 aliphatic carbocycles. The number of anilines is 3. The van der Waals surface area contributed by atoms with Crippen molar-refractivity contribution in [1.82, 2.24) is 19.9 Å². The van der Waals surface area contributed by atoms with Gasteiger partial charge in [0, 0.05) is 41.1 Å². The lowest BCUT2D eigenvalue weighted by Gasteiger charge is -2.39. The number of furan rings is 1. The predicted molar refractivity (Wildman–Crippen MR) is 118 cm³/mol. The molecular weight excluding hydrogens is 375 g/mol. The van der Waals surface area contributed by atoms with Crippen molar-refractivity contribution in [2.24, 2.45) is 0 Å². The Hall–Kier alpha value is -3.81. The molecule has 0 radical (unpaired) electrons. The molecule has 0 saturated carbocycles. The molecule has 5 heterocycles. The maximum absolute atomic E-state index is 5.98. The number of rotatable bonds is 2. The van der Waals surface area contributed by atoms with E-state index in [-0.39, 0.29) is 13.0 Å². The van der Waals surface area contributed by atoms with Crippen LogP contribution in [0, 0.1) is 0 Å². The first-order valence-corrected chi connectivity index (χ1v) is 10.0. The highest BCUT2D eigenvalue weighted by atomic mass is 16.3. The fourth-order valence-corrected chi connectivity index (χ4v) is 4.38. The smallest absolute Gasteiger partial charge is 0.306 e. The monoisotopic (exact) mass is 394 g/mol. The quantitative estimate of drug-likeness (QED) is 0.484. The van der Waals surface area contributed by atoms with Gasteiger partial charge in [0.05, 0.1) is 0 Å².